The number of carboxylic acids is 2. The van der Waals surface area contributed by atoms with Crippen LogP contribution in [0.5, 0.6) is 0 Å². The second-order valence-electron chi connectivity index (χ2n) is 6.48. The zero-order valence-electron chi connectivity index (χ0n) is 16.8. The third-order valence-electron chi connectivity index (χ3n) is 3.87. The Balaban J connectivity index is 4.74. The van der Waals surface area contributed by atoms with Crippen molar-refractivity contribution in [1.82, 2.24) is 15.7 Å². The summed E-state index contributed by atoms with van der Waals surface area (Å²) in [5.41, 5.74) is 5.32. The number of aliphatic carboxylic acids is 2. The summed E-state index contributed by atoms with van der Waals surface area (Å²) in [5, 5.41) is 31.4. The third kappa shape index (κ3) is 13.0. The number of hydrogen-bond acceptors (Lipinski definition) is 8. The number of thioether (sulfide) groups is 1. The number of nitrogens with one attached hydrogen (secondary N) is 2. The highest BCUT2D eigenvalue weighted by Gasteiger charge is 2.24. The quantitative estimate of drug-likeness (QED) is 0.112. The molecule has 0 aromatic heterocycles. The Labute approximate surface area is 178 Å². The first-order valence-corrected chi connectivity index (χ1v) is 10.5. The van der Waals surface area contributed by atoms with Gasteiger partial charge in [-0.2, -0.15) is 0 Å². The summed E-state index contributed by atoms with van der Waals surface area (Å²) in [6.45, 7) is 1.47. The van der Waals surface area contributed by atoms with Gasteiger partial charge in [0.1, 0.15) is 18.6 Å². The number of nitrogens with two attached hydrogens (primary N) is 1. The molecule has 0 saturated carbocycles. The number of hydrogen-bond donors (Lipinski definition) is 6. The second kappa shape index (κ2) is 15.5. The molecule has 2 atom stereocenters. The monoisotopic (exact) mass is 450 g/mol. The van der Waals surface area contributed by atoms with Gasteiger partial charge in [-0.05, 0) is 12.8 Å². The molecule has 0 saturated heterocycles. The lowest BCUT2D eigenvalue weighted by molar-refractivity contribution is -0.139. The molecule has 0 aliphatic heterocycles. The lowest BCUT2D eigenvalue weighted by Gasteiger charge is -2.19. The fourth-order valence-corrected chi connectivity index (χ4v) is 2.94. The number of carboxylic acid groups (broad SMARTS) is 2. The molecule has 0 bridgehead atoms. The van der Waals surface area contributed by atoms with Crippen molar-refractivity contribution in [2.24, 2.45) is 5.73 Å². The van der Waals surface area contributed by atoms with Crippen molar-refractivity contribution in [3.05, 3.63) is 0 Å². The molecule has 0 aromatic rings. The fraction of sp³-hybridized carbons (Fsp3) is 0.706. The van der Waals surface area contributed by atoms with Crippen LogP contribution in [0.15, 0.2) is 0 Å². The maximum atomic E-state index is 12.1. The Hall–Kier alpha value is -2.38. The van der Waals surface area contributed by atoms with Crippen LogP contribution in [0.4, 0.5) is 4.79 Å². The molecule has 0 rings (SSSR count). The van der Waals surface area contributed by atoms with Gasteiger partial charge in [-0.1, -0.05) is 37.9 Å². The van der Waals surface area contributed by atoms with Crippen LogP contribution in [0.2, 0.25) is 0 Å². The van der Waals surface area contributed by atoms with E-state index in [9.17, 15) is 29.2 Å². The van der Waals surface area contributed by atoms with E-state index in [1.165, 1.54) is 0 Å². The van der Waals surface area contributed by atoms with E-state index in [1.807, 2.05) is 6.92 Å². The summed E-state index contributed by atoms with van der Waals surface area (Å²) in [6, 6.07) is -2.51. The first-order valence-electron chi connectivity index (χ1n) is 9.48. The Kier molecular flexibility index (Phi) is 14.2. The molecule has 0 heterocycles. The van der Waals surface area contributed by atoms with Crippen LogP contribution in [-0.4, -0.2) is 80.4 Å². The maximum absolute atomic E-state index is 12.1. The number of carbonyl (C=O) groups excluding carboxylic acids is 3. The van der Waals surface area contributed by atoms with E-state index in [4.69, 9.17) is 15.9 Å². The molecule has 30 heavy (non-hydrogen) atoms. The summed E-state index contributed by atoms with van der Waals surface area (Å²) in [7, 11) is 0. The van der Waals surface area contributed by atoms with Crippen molar-refractivity contribution >= 4 is 40.8 Å². The topological polar surface area (TPSA) is 199 Å². The van der Waals surface area contributed by atoms with Crippen LogP contribution < -0.4 is 16.4 Å². The zero-order valence-corrected chi connectivity index (χ0v) is 17.7. The van der Waals surface area contributed by atoms with Crippen LogP contribution in [0.1, 0.15) is 45.4 Å². The van der Waals surface area contributed by atoms with E-state index in [0.717, 1.165) is 19.3 Å². The van der Waals surface area contributed by atoms with Gasteiger partial charge in [-0.3, -0.25) is 29.2 Å². The summed E-state index contributed by atoms with van der Waals surface area (Å²) in [4.78, 5) is 57.5. The predicted molar refractivity (Wildman–Crippen MR) is 108 cm³/mol. The number of nitrogens with zero attached hydrogens (tertiary/aromatic N) is 1. The van der Waals surface area contributed by atoms with Crippen molar-refractivity contribution in [2.45, 2.75) is 57.5 Å². The van der Waals surface area contributed by atoms with Crippen molar-refractivity contribution in [3.63, 3.8) is 0 Å². The average Bonchev–Trinajstić information content (AvgIpc) is 2.69. The van der Waals surface area contributed by atoms with Crippen molar-refractivity contribution < 1.29 is 39.4 Å². The van der Waals surface area contributed by atoms with Crippen molar-refractivity contribution in [2.75, 3.05) is 18.8 Å². The van der Waals surface area contributed by atoms with Gasteiger partial charge < -0.3 is 26.6 Å². The number of hydroxylamine groups is 2. The predicted octanol–water partition coefficient (Wildman–Crippen LogP) is -0.0112. The maximum Gasteiger partial charge on any atom is 0.322 e. The number of rotatable bonds is 15. The first-order chi connectivity index (χ1) is 14.1. The van der Waals surface area contributed by atoms with E-state index in [0.29, 0.717) is 23.2 Å². The van der Waals surface area contributed by atoms with Gasteiger partial charge in [-0.25, -0.2) is 5.06 Å². The normalized spacial score (nSPS) is 12.5. The van der Waals surface area contributed by atoms with Crippen LogP contribution in [-0.2, 0) is 19.2 Å². The molecule has 172 valence electrons. The number of unbranched alkanes of at least 4 members (excludes halogenated alkanes) is 3. The minimum atomic E-state index is -1.29. The molecule has 3 amide bonds. The Morgan fingerprint density at radius 2 is 1.77 bits per heavy atom. The standard InChI is InChI=1S/C17H30N4O8S/c1-2-3-4-5-8-21(29)17(28)30-10-12(15(25)19-9-14(23)24)20-13(22)7-6-11(18)16(26)27/h11-12,29H,2-10,18H2,1H3,(H,19,25)(H,20,22)(H,23,24)(H,26,27). The highest BCUT2D eigenvalue weighted by molar-refractivity contribution is 8.13. The average molecular weight is 451 g/mol. The summed E-state index contributed by atoms with van der Waals surface area (Å²) in [5.74, 6) is -4.34. The Morgan fingerprint density at radius 1 is 1.10 bits per heavy atom. The number of carbonyl (C=O) groups is 5. The van der Waals surface area contributed by atoms with Gasteiger partial charge in [0, 0.05) is 18.7 Å². The largest absolute Gasteiger partial charge is 0.480 e. The van der Waals surface area contributed by atoms with Gasteiger partial charge in [0.25, 0.3) is 0 Å². The SMILES string of the molecule is CCCCCCN(O)C(=O)SCC(NC(=O)CCC(N)C(=O)O)C(=O)NCC(=O)O. The summed E-state index contributed by atoms with van der Waals surface area (Å²) >= 11 is 0.586. The first kappa shape index (κ1) is 27.6. The molecule has 0 radical (unpaired) electrons. The zero-order chi connectivity index (χ0) is 23.1. The fourth-order valence-electron chi connectivity index (χ4n) is 2.15. The van der Waals surface area contributed by atoms with Crippen molar-refractivity contribution in [3.8, 4) is 0 Å². The van der Waals surface area contributed by atoms with E-state index < -0.39 is 47.6 Å². The minimum Gasteiger partial charge on any atom is -0.480 e. The van der Waals surface area contributed by atoms with E-state index >= 15 is 0 Å². The number of amides is 3. The molecule has 2 unspecified atom stereocenters. The van der Waals surface area contributed by atoms with Gasteiger partial charge in [-0.15, -0.1) is 0 Å². The lowest BCUT2D eigenvalue weighted by Crippen LogP contribution is -2.50. The highest BCUT2D eigenvalue weighted by Crippen LogP contribution is 2.11. The molecule has 0 fully saturated rings. The molecule has 0 aliphatic carbocycles. The third-order valence-corrected chi connectivity index (χ3v) is 4.83. The van der Waals surface area contributed by atoms with Crippen LogP contribution in [0, 0.1) is 0 Å². The van der Waals surface area contributed by atoms with Crippen molar-refractivity contribution in [1.29, 1.82) is 0 Å². The summed E-state index contributed by atoms with van der Waals surface area (Å²) < 4.78 is 0. The molecule has 0 aromatic carbocycles. The van der Waals surface area contributed by atoms with E-state index in [-0.39, 0.29) is 25.1 Å². The van der Waals surface area contributed by atoms with Crippen LogP contribution >= 0.6 is 11.8 Å². The van der Waals surface area contributed by atoms with Gasteiger partial charge >= 0.3 is 17.2 Å². The second-order valence-corrected chi connectivity index (χ2v) is 7.45. The minimum absolute atomic E-state index is 0.126. The van der Waals surface area contributed by atoms with E-state index in [2.05, 4.69) is 10.6 Å². The van der Waals surface area contributed by atoms with Gasteiger partial charge in [0.2, 0.25) is 11.8 Å². The van der Waals surface area contributed by atoms with Gasteiger partial charge in [0.05, 0.1) is 0 Å². The molecule has 0 spiro atoms. The highest BCUT2D eigenvalue weighted by atomic mass is 32.2. The molecule has 12 nitrogen and oxygen atoms in total. The van der Waals surface area contributed by atoms with E-state index in [1.54, 1.807) is 0 Å². The molecule has 13 heteroatoms. The Bertz CT molecular complexity index is 604. The Morgan fingerprint density at radius 3 is 2.33 bits per heavy atom. The summed E-state index contributed by atoms with van der Waals surface area (Å²) in [6.07, 6.45) is 2.98. The smallest absolute Gasteiger partial charge is 0.322 e. The molecular formula is C17H30N4O8S. The molecule has 0 aliphatic rings. The van der Waals surface area contributed by atoms with Crippen LogP contribution in [0.25, 0.3) is 0 Å². The molecular weight excluding hydrogens is 420 g/mol. The van der Waals surface area contributed by atoms with Gasteiger partial charge in [0.15, 0.2) is 0 Å². The lowest BCUT2D eigenvalue weighted by atomic mass is 10.1. The van der Waals surface area contributed by atoms with Crippen LogP contribution in [0.3, 0.4) is 0 Å². The molecule has 7 N–H and O–H groups in total.